The normalized spacial score (nSPS) is 15.9. The van der Waals surface area contributed by atoms with Crippen LogP contribution < -0.4 is 10.9 Å². The maximum Gasteiger partial charge on any atom is 0.260 e. The number of nitrogens with one attached hydrogen (secondary N) is 2. The molecule has 170 valence electrons. The first-order chi connectivity index (χ1) is 15.2. The smallest absolute Gasteiger partial charge is 0.260 e. The summed E-state index contributed by atoms with van der Waals surface area (Å²) in [5.74, 6) is 0.711. The largest absolute Gasteiger partial charge is 0.350 e. The first-order valence-corrected chi connectivity index (χ1v) is 12.0. The Bertz CT molecular complexity index is 1180. The monoisotopic (exact) mass is 473 g/mol. The van der Waals surface area contributed by atoms with Gasteiger partial charge in [0.15, 0.2) is 0 Å². The highest BCUT2D eigenvalue weighted by Gasteiger charge is 2.22. The molecular weight excluding hydrogens is 446 g/mol. The molecule has 32 heavy (non-hydrogen) atoms. The standard InChI is InChI=1S/C23H28ClN5O2S/c1-23(2,3)27-19(30)13-29-10-8-28(9-11-29)12-18-25-21(31)20-16(14-32-22(20)26-18)15-6-4-5-7-17(15)24/h4-7,14H,8-13H2,1-3H3,(H,27,30)(H,25,26,31). The highest BCUT2D eigenvalue weighted by Crippen LogP contribution is 2.34. The van der Waals surface area contributed by atoms with Crippen LogP contribution in [0.4, 0.5) is 0 Å². The molecule has 1 aliphatic heterocycles. The topological polar surface area (TPSA) is 81.3 Å². The van der Waals surface area contributed by atoms with Gasteiger partial charge in [-0.2, -0.15) is 0 Å². The van der Waals surface area contributed by atoms with Crippen molar-refractivity contribution in [2.75, 3.05) is 32.7 Å². The Balaban J connectivity index is 1.41. The van der Waals surface area contributed by atoms with Crippen molar-refractivity contribution in [2.45, 2.75) is 32.9 Å². The minimum Gasteiger partial charge on any atom is -0.350 e. The van der Waals surface area contributed by atoms with Crippen molar-refractivity contribution in [1.82, 2.24) is 25.1 Å². The number of hydrogen-bond donors (Lipinski definition) is 2. The molecule has 1 amide bonds. The van der Waals surface area contributed by atoms with E-state index in [0.717, 1.165) is 42.1 Å². The Kier molecular flexibility index (Phi) is 6.67. The van der Waals surface area contributed by atoms with Gasteiger partial charge in [0.05, 0.1) is 18.5 Å². The summed E-state index contributed by atoms with van der Waals surface area (Å²) in [6.45, 7) is 10.2. The fourth-order valence-corrected chi connectivity index (χ4v) is 5.12. The van der Waals surface area contributed by atoms with Gasteiger partial charge < -0.3 is 10.3 Å². The molecule has 4 rings (SSSR count). The van der Waals surface area contributed by atoms with E-state index < -0.39 is 0 Å². The second kappa shape index (κ2) is 9.31. The van der Waals surface area contributed by atoms with Crippen LogP contribution in [0.15, 0.2) is 34.4 Å². The van der Waals surface area contributed by atoms with Crippen molar-refractivity contribution in [1.29, 1.82) is 0 Å². The third-order valence-electron chi connectivity index (χ3n) is 5.38. The van der Waals surface area contributed by atoms with Crippen LogP contribution in [-0.4, -0.2) is 63.9 Å². The number of halogens is 1. The second-order valence-electron chi connectivity index (χ2n) is 9.17. The number of piperazine rings is 1. The van der Waals surface area contributed by atoms with E-state index >= 15 is 0 Å². The van der Waals surface area contributed by atoms with Gasteiger partial charge in [-0.15, -0.1) is 11.3 Å². The van der Waals surface area contributed by atoms with Crippen molar-refractivity contribution < 1.29 is 4.79 Å². The van der Waals surface area contributed by atoms with Crippen LogP contribution >= 0.6 is 22.9 Å². The van der Waals surface area contributed by atoms with Crippen LogP contribution in [0.3, 0.4) is 0 Å². The van der Waals surface area contributed by atoms with Crippen molar-refractivity contribution in [3.63, 3.8) is 0 Å². The van der Waals surface area contributed by atoms with Gasteiger partial charge >= 0.3 is 0 Å². The van der Waals surface area contributed by atoms with Gasteiger partial charge in [0, 0.05) is 53.2 Å². The van der Waals surface area contributed by atoms with E-state index in [1.54, 1.807) is 0 Å². The molecule has 0 saturated carbocycles. The second-order valence-corrected chi connectivity index (χ2v) is 10.4. The van der Waals surface area contributed by atoms with Crippen LogP contribution in [0.2, 0.25) is 5.02 Å². The quantitative estimate of drug-likeness (QED) is 0.594. The molecular formula is C23H28ClN5O2S. The predicted molar refractivity (Wildman–Crippen MR) is 130 cm³/mol. The number of aromatic nitrogens is 2. The van der Waals surface area contributed by atoms with E-state index in [1.165, 1.54) is 11.3 Å². The van der Waals surface area contributed by atoms with Crippen LogP contribution in [0.1, 0.15) is 26.6 Å². The molecule has 0 radical (unpaired) electrons. The zero-order valence-electron chi connectivity index (χ0n) is 18.6. The highest BCUT2D eigenvalue weighted by molar-refractivity contribution is 7.17. The van der Waals surface area contributed by atoms with Gasteiger partial charge in [0.2, 0.25) is 5.91 Å². The summed E-state index contributed by atoms with van der Waals surface area (Å²) in [5.41, 5.74) is 1.30. The summed E-state index contributed by atoms with van der Waals surface area (Å²) in [7, 11) is 0. The molecule has 7 nitrogen and oxygen atoms in total. The fraction of sp³-hybridized carbons (Fsp3) is 0.435. The van der Waals surface area contributed by atoms with E-state index in [0.29, 0.717) is 29.3 Å². The number of benzene rings is 1. The van der Waals surface area contributed by atoms with Gasteiger partial charge in [-0.25, -0.2) is 4.98 Å². The van der Waals surface area contributed by atoms with Crippen LogP contribution in [-0.2, 0) is 11.3 Å². The molecule has 2 aromatic heterocycles. The Morgan fingerprint density at radius 2 is 1.84 bits per heavy atom. The number of rotatable bonds is 5. The molecule has 0 aliphatic carbocycles. The molecule has 2 N–H and O–H groups in total. The van der Waals surface area contributed by atoms with Crippen molar-refractivity contribution in [2.24, 2.45) is 0 Å². The third-order valence-corrected chi connectivity index (χ3v) is 6.58. The van der Waals surface area contributed by atoms with Gasteiger partial charge in [-0.3, -0.25) is 19.4 Å². The Hall–Kier alpha value is -2.26. The molecule has 9 heteroatoms. The first kappa shape index (κ1) is 22.9. The molecule has 1 aliphatic rings. The lowest BCUT2D eigenvalue weighted by Gasteiger charge is -2.34. The van der Waals surface area contributed by atoms with E-state index in [9.17, 15) is 9.59 Å². The number of hydrogen-bond acceptors (Lipinski definition) is 6. The number of H-pyrrole nitrogens is 1. The minimum atomic E-state index is -0.220. The molecule has 0 atom stereocenters. The Morgan fingerprint density at radius 1 is 1.16 bits per heavy atom. The van der Waals surface area contributed by atoms with Gasteiger partial charge in [0.25, 0.3) is 5.56 Å². The number of thiophene rings is 1. The Morgan fingerprint density at radius 3 is 2.53 bits per heavy atom. The van der Waals surface area contributed by atoms with E-state index in [4.69, 9.17) is 16.6 Å². The molecule has 1 fully saturated rings. The maximum atomic E-state index is 12.9. The predicted octanol–water partition coefficient (Wildman–Crippen LogP) is 3.34. The van der Waals surface area contributed by atoms with Crippen molar-refractivity contribution >= 4 is 39.1 Å². The van der Waals surface area contributed by atoms with Crippen LogP contribution in [0.25, 0.3) is 21.3 Å². The molecule has 1 aromatic carbocycles. The average Bonchev–Trinajstić information content (AvgIpc) is 3.13. The lowest BCUT2D eigenvalue weighted by molar-refractivity contribution is -0.124. The van der Waals surface area contributed by atoms with Crippen LogP contribution in [0.5, 0.6) is 0 Å². The number of carbonyl (C=O) groups is 1. The zero-order chi connectivity index (χ0) is 22.9. The SMILES string of the molecule is CC(C)(C)NC(=O)CN1CCN(Cc2nc3scc(-c4ccccc4Cl)c3c(=O)[nH]2)CC1. The molecule has 0 unspecified atom stereocenters. The molecule has 1 saturated heterocycles. The fourth-order valence-electron chi connectivity index (χ4n) is 3.92. The van der Waals surface area contributed by atoms with Gasteiger partial charge in [-0.05, 0) is 26.8 Å². The summed E-state index contributed by atoms with van der Waals surface area (Å²) in [6.07, 6.45) is 0. The van der Waals surface area contributed by atoms with E-state index in [-0.39, 0.29) is 17.0 Å². The van der Waals surface area contributed by atoms with Gasteiger partial charge in [-0.1, -0.05) is 29.8 Å². The molecule has 0 spiro atoms. The summed E-state index contributed by atoms with van der Waals surface area (Å²) < 4.78 is 0. The summed E-state index contributed by atoms with van der Waals surface area (Å²) >= 11 is 7.80. The minimum absolute atomic E-state index is 0.0504. The molecule has 0 bridgehead atoms. The lowest BCUT2D eigenvalue weighted by atomic mass is 10.1. The lowest BCUT2D eigenvalue weighted by Crippen LogP contribution is -2.51. The number of fused-ring (bicyclic) bond motifs is 1. The van der Waals surface area contributed by atoms with Crippen molar-refractivity contribution in [3.8, 4) is 11.1 Å². The molecule has 3 heterocycles. The summed E-state index contributed by atoms with van der Waals surface area (Å²) in [4.78, 5) is 37.9. The Labute approximate surface area is 196 Å². The van der Waals surface area contributed by atoms with Crippen LogP contribution in [0, 0.1) is 0 Å². The number of aromatic amines is 1. The van der Waals surface area contributed by atoms with E-state index in [2.05, 4.69) is 20.1 Å². The summed E-state index contributed by atoms with van der Waals surface area (Å²) in [5, 5.41) is 6.15. The molecule has 3 aromatic rings. The first-order valence-electron chi connectivity index (χ1n) is 10.7. The third kappa shape index (κ3) is 5.38. The van der Waals surface area contributed by atoms with Crippen molar-refractivity contribution in [3.05, 3.63) is 50.8 Å². The van der Waals surface area contributed by atoms with Gasteiger partial charge in [0.1, 0.15) is 10.7 Å². The maximum absolute atomic E-state index is 12.9. The van der Waals surface area contributed by atoms with E-state index in [1.807, 2.05) is 50.4 Å². The number of carbonyl (C=O) groups excluding carboxylic acids is 1. The highest BCUT2D eigenvalue weighted by atomic mass is 35.5. The number of amides is 1. The zero-order valence-corrected chi connectivity index (χ0v) is 20.1. The number of nitrogens with zero attached hydrogens (tertiary/aromatic N) is 3. The summed E-state index contributed by atoms with van der Waals surface area (Å²) in [6, 6.07) is 7.52. The average molecular weight is 474 g/mol.